The molecule has 110 valence electrons. The lowest BCUT2D eigenvalue weighted by molar-refractivity contribution is 0.482. The van der Waals surface area contributed by atoms with Gasteiger partial charge in [-0.15, -0.1) is 0 Å². The van der Waals surface area contributed by atoms with E-state index in [-0.39, 0.29) is 11.2 Å². The Hall–Kier alpha value is -1.89. The van der Waals surface area contributed by atoms with E-state index in [1.165, 1.54) is 4.57 Å². The molecule has 0 aliphatic heterocycles. The molecule has 2 aromatic rings. The lowest BCUT2D eigenvalue weighted by atomic mass is 10.2. The van der Waals surface area contributed by atoms with Gasteiger partial charge in [-0.25, -0.2) is 9.78 Å². The molecule has 7 heteroatoms. The van der Waals surface area contributed by atoms with Crippen molar-refractivity contribution in [2.45, 2.75) is 33.4 Å². The number of aromatic nitrogens is 4. The summed E-state index contributed by atoms with van der Waals surface area (Å²) in [4.78, 5) is 29.1. The topological polar surface area (TPSA) is 87.8 Å². The summed E-state index contributed by atoms with van der Waals surface area (Å²) >= 11 is 0. The van der Waals surface area contributed by atoms with Crippen LogP contribution in [-0.4, -0.2) is 25.2 Å². The van der Waals surface area contributed by atoms with Gasteiger partial charge in [-0.05, 0) is 18.9 Å². The third kappa shape index (κ3) is 2.40. The van der Waals surface area contributed by atoms with Gasteiger partial charge in [-0.3, -0.25) is 13.9 Å². The largest absolute Gasteiger partial charge is 0.332 e. The monoisotopic (exact) mass is 279 g/mol. The van der Waals surface area contributed by atoms with Gasteiger partial charge in [0.1, 0.15) is 0 Å². The molecule has 0 bridgehead atoms. The van der Waals surface area contributed by atoms with Crippen LogP contribution in [0.5, 0.6) is 0 Å². The molecule has 2 aromatic heterocycles. The van der Waals surface area contributed by atoms with Crippen LogP contribution in [0.3, 0.4) is 0 Å². The van der Waals surface area contributed by atoms with Crippen molar-refractivity contribution < 1.29 is 0 Å². The molecule has 0 spiro atoms. The number of nitrogens with zero attached hydrogens (tertiary/aromatic N) is 4. The minimum Gasteiger partial charge on any atom is -0.330 e. The van der Waals surface area contributed by atoms with E-state index in [2.05, 4.69) is 4.98 Å². The maximum Gasteiger partial charge on any atom is 0.332 e. The van der Waals surface area contributed by atoms with Crippen LogP contribution in [0.4, 0.5) is 0 Å². The smallest absolute Gasteiger partial charge is 0.330 e. The molecule has 0 fully saturated rings. The summed E-state index contributed by atoms with van der Waals surface area (Å²) in [6, 6.07) is 0. The van der Waals surface area contributed by atoms with Gasteiger partial charge >= 0.3 is 5.69 Å². The standard InChI is InChI=1S/C13H21N5O2/c1-9(2)7-18-11-10(16(3)8-15-11)12(19)17(13(18)20)6-4-5-14/h8-9H,4-7,14H2,1-3H3. The Labute approximate surface area is 116 Å². The highest BCUT2D eigenvalue weighted by molar-refractivity contribution is 5.69. The van der Waals surface area contributed by atoms with Gasteiger partial charge < -0.3 is 10.3 Å². The van der Waals surface area contributed by atoms with E-state index in [1.807, 2.05) is 13.8 Å². The number of hydrogen-bond acceptors (Lipinski definition) is 4. The van der Waals surface area contributed by atoms with E-state index in [1.54, 1.807) is 22.5 Å². The highest BCUT2D eigenvalue weighted by Gasteiger charge is 2.17. The maximum absolute atomic E-state index is 12.5. The van der Waals surface area contributed by atoms with Crippen LogP contribution in [-0.2, 0) is 20.1 Å². The molecule has 0 aromatic carbocycles. The van der Waals surface area contributed by atoms with Crippen molar-refractivity contribution in [2.24, 2.45) is 18.7 Å². The zero-order valence-electron chi connectivity index (χ0n) is 12.2. The number of rotatable bonds is 5. The molecule has 0 amide bonds. The lowest BCUT2D eigenvalue weighted by Gasteiger charge is -2.13. The van der Waals surface area contributed by atoms with E-state index >= 15 is 0 Å². The third-order valence-electron chi connectivity index (χ3n) is 3.22. The average Bonchev–Trinajstić information content (AvgIpc) is 2.76. The fourth-order valence-electron chi connectivity index (χ4n) is 2.29. The van der Waals surface area contributed by atoms with Crippen LogP contribution in [0.1, 0.15) is 20.3 Å². The molecule has 0 saturated heterocycles. The SMILES string of the molecule is CC(C)Cn1c(=O)n(CCCN)c(=O)c2c1ncn2C. The van der Waals surface area contributed by atoms with Crippen molar-refractivity contribution in [1.29, 1.82) is 0 Å². The molecule has 0 atom stereocenters. The van der Waals surface area contributed by atoms with Gasteiger partial charge in [-0.1, -0.05) is 13.8 Å². The predicted octanol–water partition coefficient (Wildman–Crippen LogP) is -0.0985. The Morgan fingerprint density at radius 2 is 2.00 bits per heavy atom. The van der Waals surface area contributed by atoms with Crippen molar-refractivity contribution in [2.75, 3.05) is 6.54 Å². The first-order valence-electron chi connectivity index (χ1n) is 6.82. The highest BCUT2D eigenvalue weighted by Crippen LogP contribution is 2.07. The first-order chi connectivity index (χ1) is 9.47. The number of fused-ring (bicyclic) bond motifs is 1. The number of hydrogen-bond donors (Lipinski definition) is 1. The summed E-state index contributed by atoms with van der Waals surface area (Å²) in [6.07, 6.45) is 2.16. The van der Waals surface area contributed by atoms with E-state index < -0.39 is 0 Å². The molecule has 2 heterocycles. The molecule has 20 heavy (non-hydrogen) atoms. The van der Waals surface area contributed by atoms with Crippen molar-refractivity contribution in [3.8, 4) is 0 Å². The zero-order valence-corrected chi connectivity index (χ0v) is 12.2. The summed E-state index contributed by atoms with van der Waals surface area (Å²) in [5.41, 5.74) is 5.80. The summed E-state index contributed by atoms with van der Waals surface area (Å²) in [7, 11) is 1.76. The molecule has 0 aliphatic rings. The summed E-state index contributed by atoms with van der Waals surface area (Å²) < 4.78 is 4.50. The summed E-state index contributed by atoms with van der Waals surface area (Å²) in [5.74, 6) is 0.290. The second-order valence-electron chi connectivity index (χ2n) is 5.41. The first-order valence-corrected chi connectivity index (χ1v) is 6.82. The molecule has 0 unspecified atom stereocenters. The molecule has 2 N–H and O–H groups in total. The number of imidazole rings is 1. The molecule has 0 radical (unpaired) electrons. The molecule has 7 nitrogen and oxygen atoms in total. The van der Waals surface area contributed by atoms with Crippen LogP contribution >= 0.6 is 0 Å². The first kappa shape index (κ1) is 14.5. The Morgan fingerprint density at radius 1 is 1.30 bits per heavy atom. The minimum absolute atomic E-state index is 0.290. The summed E-state index contributed by atoms with van der Waals surface area (Å²) in [5, 5.41) is 0. The molecular weight excluding hydrogens is 258 g/mol. The average molecular weight is 279 g/mol. The number of aryl methyl sites for hydroxylation is 1. The van der Waals surface area contributed by atoms with Crippen molar-refractivity contribution >= 4 is 11.2 Å². The second-order valence-corrected chi connectivity index (χ2v) is 5.41. The van der Waals surface area contributed by atoms with Crippen molar-refractivity contribution in [3.63, 3.8) is 0 Å². The highest BCUT2D eigenvalue weighted by atomic mass is 16.2. The Balaban J connectivity index is 2.76. The van der Waals surface area contributed by atoms with Crippen LogP contribution in [0.2, 0.25) is 0 Å². The third-order valence-corrected chi connectivity index (χ3v) is 3.22. The Kier molecular flexibility index (Phi) is 4.08. The second kappa shape index (κ2) is 5.62. The van der Waals surface area contributed by atoms with E-state index in [0.717, 1.165) is 0 Å². The molecule has 2 rings (SSSR count). The van der Waals surface area contributed by atoms with E-state index in [4.69, 9.17) is 5.73 Å². The fourth-order valence-corrected chi connectivity index (χ4v) is 2.29. The lowest BCUT2D eigenvalue weighted by Crippen LogP contribution is -2.41. The Bertz CT molecular complexity index is 723. The van der Waals surface area contributed by atoms with Gasteiger partial charge in [0.05, 0.1) is 6.33 Å². The summed E-state index contributed by atoms with van der Waals surface area (Å²) in [6.45, 7) is 5.37. The zero-order chi connectivity index (χ0) is 14.9. The fraction of sp³-hybridized carbons (Fsp3) is 0.615. The number of nitrogens with two attached hydrogens (primary N) is 1. The minimum atomic E-state index is -0.302. The van der Waals surface area contributed by atoms with E-state index in [9.17, 15) is 9.59 Å². The predicted molar refractivity (Wildman–Crippen MR) is 77.7 cm³/mol. The molecule has 0 saturated carbocycles. The normalized spacial score (nSPS) is 11.7. The maximum atomic E-state index is 12.5. The van der Waals surface area contributed by atoms with Gasteiger partial charge in [0.2, 0.25) is 0 Å². The Morgan fingerprint density at radius 3 is 2.60 bits per heavy atom. The van der Waals surface area contributed by atoms with Gasteiger partial charge in [0.15, 0.2) is 11.2 Å². The van der Waals surface area contributed by atoms with Crippen LogP contribution < -0.4 is 17.0 Å². The van der Waals surface area contributed by atoms with Gasteiger partial charge in [0, 0.05) is 20.1 Å². The molecule has 0 aliphatic carbocycles. The van der Waals surface area contributed by atoms with Crippen molar-refractivity contribution in [3.05, 3.63) is 27.2 Å². The van der Waals surface area contributed by atoms with Gasteiger partial charge in [-0.2, -0.15) is 0 Å². The quantitative estimate of drug-likeness (QED) is 0.828. The van der Waals surface area contributed by atoms with Crippen molar-refractivity contribution in [1.82, 2.24) is 18.7 Å². The molecular formula is C13H21N5O2. The van der Waals surface area contributed by atoms with Crippen LogP contribution in [0.25, 0.3) is 11.2 Å². The van der Waals surface area contributed by atoms with Crippen LogP contribution in [0.15, 0.2) is 15.9 Å². The van der Waals surface area contributed by atoms with E-state index in [0.29, 0.717) is 43.1 Å². The van der Waals surface area contributed by atoms with Crippen LogP contribution in [0, 0.1) is 5.92 Å². The van der Waals surface area contributed by atoms with Gasteiger partial charge in [0.25, 0.3) is 5.56 Å².